The van der Waals surface area contributed by atoms with Gasteiger partial charge in [-0.05, 0) is 49.9 Å². The molecule has 2 rings (SSSR count). The first-order valence-corrected chi connectivity index (χ1v) is 8.38. The fraction of sp³-hybridized carbons (Fsp3) is 0.588. The number of hydrogen-bond acceptors (Lipinski definition) is 2. The van der Waals surface area contributed by atoms with E-state index in [0.29, 0.717) is 11.8 Å². The molecule has 2 N–H and O–H groups in total. The molecule has 1 fully saturated rings. The molecule has 5 heteroatoms. The normalized spacial score (nSPS) is 16.0. The van der Waals surface area contributed by atoms with E-state index in [-0.39, 0.29) is 12.8 Å². The van der Waals surface area contributed by atoms with E-state index in [4.69, 9.17) is 16.3 Å². The van der Waals surface area contributed by atoms with E-state index in [2.05, 4.69) is 10.6 Å². The number of halogens is 1. The van der Waals surface area contributed by atoms with Crippen LogP contribution < -0.4 is 15.4 Å². The second-order valence-electron chi connectivity index (χ2n) is 6.00. The first-order chi connectivity index (χ1) is 10.6. The van der Waals surface area contributed by atoms with Gasteiger partial charge in [0.25, 0.3) is 0 Å². The van der Waals surface area contributed by atoms with Gasteiger partial charge in [-0.3, -0.25) is 0 Å². The van der Waals surface area contributed by atoms with Crippen LogP contribution in [0.25, 0.3) is 0 Å². The number of urea groups is 1. The van der Waals surface area contributed by atoms with Crippen LogP contribution in [0.15, 0.2) is 12.1 Å². The Morgan fingerprint density at radius 3 is 2.36 bits per heavy atom. The van der Waals surface area contributed by atoms with E-state index in [1.165, 1.54) is 25.7 Å². The predicted molar refractivity (Wildman–Crippen MR) is 89.6 cm³/mol. The lowest BCUT2D eigenvalue weighted by Gasteiger charge is -2.17. The average Bonchev–Trinajstić information content (AvgIpc) is 2.73. The minimum absolute atomic E-state index is 0.152. The number of carbonyl (C=O) groups excluding carboxylic acids is 1. The number of nitrogens with one attached hydrogen (secondary N) is 2. The van der Waals surface area contributed by atoms with Gasteiger partial charge in [-0.1, -0.05) is 37.3 Å². The number of ether oxygens (including phenoxy) is 1. The Hall–Kier alpha value is -1.42. The minimum atomic E-state index is -0.158. The van der Waals surface area contributed by atoms with Crippen molar-refractivity contribution in [3.8, 4) is 5.75 Å². The van der Waals surface area contributed by atoms with Gasteiger partial charge in [0.15, 0.2) is 6.73 Å². The van der Waals surface area contributed by atoms with Crippen LogP contribution in [0.2, 0.25) is 5.02 Å². The summed E-state index contributed by atoms with van der Waals surface area (Å²) in [5.41, 5.74) is 1.94. The molecule has 1 aromatic rings. The van der Waals surface area contributed by atoms with E-state index >= 15 is 0 Å². The Morgan fingerprint density at radius 2 is 1.77 bits per heavy atom. The molecule has 0 atom stereocenters. The van der Waals surface area contributed by atoms with Gasteiger partial charge in [0.1, 0.15) is 5.75 Å². The summed E-state index contributed by atoms with van der Waals surface area (Å²) in [6.07, 6.45) is 7.10. The summed E-state index contributed by atoms with van der Waals surface area (Å²) in [4.78, 5) is 11.9. The third-order valence-corrected chi connectivity index (χ3v) is 4.67. The maximum Gasteiger partial charge on any atom is 0.317 e. The molecule has 0 spiro atoms. The van der Waals surface area contributed by atoms with E-state index in [1.807, 2.05) is 26.0 Å². The lowest BCUT2D eigenvalue weighted by Crippen LogP contribution is -2.43. The second-order valence-corrected chi connectivity index (χ2v) is 6.38. The Labute approximate surface area is 137 Å². The molecule has 4 nitrogen and oxygen atoms in total. The third-order valence-electron chi connectivity index (χ3n) is 4.07. The molecule has 0 heterocycles. The highest BCUT2D eigenvalue weighted by Gasteiger charge is 2.14. The van der Waals surface area contributed by atoms with E-state index in [0.717, 1.165) is 29.0 Å². The number of aryl methyl sites for hydroxylation is 2. The molecular weight excluding hydrogens is 300 g/mol. The maximum absolute atomic E-state index is 11.9. The second kappa shape index (κ2) is 8.28. The van der Waals surface area contributed by atoms with Crippen molar-refractivity contribution in [1.29, 1.82) is 0 Å². The predicted octanol–water partition coefficient (Wildman–Crippen LogP) is 4.32. The quantitative estimate of drug-likeness (QED) is 0.640. The Morgan fingerprint density at radius 1 is 1.18 bits per heavy atom. The van der Waals surface area contributed by atoms with Crippen LogP contribution in [0.1, 0.15) is 49.7 Å². The standard InChI is InChI=1S/C17H25ClN2O2/c1-12-9-15(10-13(2)16(12)18)22-11-19-17(21)20-14-7-5-3-4-6-8-14/h9-10,14H,3-8,11H2,1-2H3,(H2,19,20,21). The first kappa shape index (κ1) is 16.9. The highest BCUT2D eigenvalue weighted by molar-refractivity contribution is 6.32. The number of carbonyl (C=O) groups is 1. The molecular formula is C17H25ClN2O2. The summed E-state index contributed by atoms with van der Waals surface area (Å²) in [6, 6.07) is 3.89. The molecule has 0 aromatic heterocycles. The van der Waals surface area contributed by atoms with Crippen molar-refractivity contribution in [2.75, 3.05) is 6.73 Å². The SMILES string of the molecule is Cc1cc(OCNC(=O)NC2CCCCCC2)cc(C)c1Cl. The fourth-order valence-corrected chi connectivity index (χ4v) is 2.94. The van der Waals surface area contributed by atoms with Crippen molar-refractivity contribution in [2.45, 2.75) is 58.4 Å². The van der Waals surface area contributed by atoms with Crippen LogP contribution in [0.4, 0.5) is 4.79 Å². The summed E-state index contributed by atoms with van der Waals surface area (Å²) in [6.45, 7) is 4.03. The fourth-order valence-electron chi connectivity index (χ4n) is 2.83. The van der Waals surface area contributed by atoms with E-state index in [1.54, 1.807) is 0 Å². The molecule has 0 radical (unpaired) electrons. The van der Waals surface area contributed by atoms with Crippen LogP contribution in [-0.4, -0.2) is 18.8 Å². The van der Waals surface area contributed by atoms with Gasteiger partial charge < -0.3 is 15.4 Å². The van der Waals surface area contributed by atoms with Crippen molar-refractivity contribution in [3.63, 3.8) is 0 Å². The van der Waals surface area contributed by atoms with Crippen molar-refractivity contribution in [2.24, 2.45) is 0 Å². The smallest absolute Gasteiger partial charge is 0.317 e. The molecule has 0 saturated heterocycles. The van der Waals surface area contributed by atoms with Crippen molar-refractivity contribution in [1.82, 2.24) is 10.6 Å². The average molecular weight is 325 g/mol. The largest absolute Gasteiger partial charge is 0.473 e. The molecule has 0 aliphatic heterocycles. The molecule has 22 heavy (non-hydrogen) atoms. The van der Waals surface area contributed by atoms with Crippen molar-refractivity contribution in [3.05, 3.63) is 28.3 Å². The molecule has 1 aliphatic rings. The van der Waals surface area contributed by atoms with Gasteiger partial charge in [-0.15, -0.1) is 0 Å². The van der Waals surface area contributed by atoms with Gasteiger partial charge >= 0.3 is 6.03 Å². The van der Waals surface area contributed by atoms with Gasteiger partial charge in [0.05, 0.1) is 0 Å². The summed E-state index contributed by atoms with van der Waals surface area (Å²) < 4.78 is 5.58. The lowest BCUT2D eigenvalue weighted by molar-refractivity contribution is 0.219. The van der Waals surface area contributed by atoms with Crippen LogP contribution in [0.3, 0.4) is 0 Å². The summed E-state index contributed by atoms with van der Waals surface area (Å²) >= 11 is 6.12. The van der Waals surface area contributed by atoms with Crippen molar-refractivity contribution >= 4 is 17.6 Å². The Kier molecular flexibility index (Phi) is 6.37. The van der Waals surface area contributed by atoms with Crippen LogP contribution in [0, 0.1) is 13.8 Å². The van der Waals surface area contributed by atoms with Gasteiger partial charge in [-0.25, -0.2) is 4.79 Å². The van der Waals surface area contributed by atoms with Crippen LogP contribution in [-0.2, 0) is 0 Å². The number of rotatable bonds is 4. The van der Waals surface area contributed by atoms with Gasteiger partial charge in [0, 0.05) is 11.1 Å². The van der Waals surface area contributed by atoms with Crippen molar-refractivity contribution < 1.29 is 9.53 Å². The van der Waals surface area contributed by atoms with E-state index < -0.39 is 0 Å². The molecule has 1 aliphatic carbocycles. The maximum atomic E-state index is 11.9. The zero-order chi connectivity index (χ0) is 15.9. The Balaban J connectivity index is 1.74. The van der Waals surface area contributed by atoms with Crippen LogP contribution in [0.5, 0.6) is 5.75 Å². The summed E-state index contributed by atoms with van der Waals surface area (Å²) in [7, 11) is 0. The number of benzene rings is 1. The lowest BCUT2D eigenvalue weighted by atomic mass is 10.1. The third kappa shape index (κ3) is 5.09. The highest BCUT2D eigenvalue weighted by atomic mass is 35.5. The topological polar surface area (TPSA) is 50.4 Å². The monoisotopic (exact) mass is 324 g/mol. The zero-order valence-electron chi connectivity index (χ0n) is 13.4. The number of hydrogen-bond donors (Lipinski definition) is 2. The Bertz CT molecular complexity index is 488. The van der Waals surface area contributed by atoms with Gasteiger partial charge in [-0.2, -0.15) is 0 Å². The molecule has 122 valence electrons. The molecule has 0 bridgehead atoms. The molecule has 1 saturated carbocycles. The summed E-state index contributed by atoms with van der Waals surface area (Å²) in [5, 5.41) is 6.53. The minimum Gasteiger partial charge on any atom is -0.473 e. The molecule has 2 amide bonds. The first-order valence-electron chi connectivity index (χ1n) is 8.00. The van der Waals surface area contributed by atoms with Crippen LogP contribution >= 0.6 is 11.6 Å². The van der Waals surface area contributed by atoms with E-state index in [9.17, 15) is 4.79 Å². The number of amides is 2. The zero-order valence-corrected chi connectivity index (χ0v) is 14.1. The highest BCUT2D eigenvalue weighted by Crippen LogP contribution is 2.25. The molecule has 0 unspecified atom stereocenters. The molecule has 1 aromatic carbocycles. The summed E-state index contributed by atoms with van der Waals surface area (Å²) in [5.74, 6) is 0.717. The van der Waals surface area contributed by atoms with Gasteiger partial charge in [0.2, 0.25) is 0 Å².